The molecule has 6 nitrogen and oxygen atoms in total. The van der Waals surface area contributed by atoms with Crippen molar-refractivity contribution < 1.29 is 4.74 Å². The van der Waals surface area contributed by atoms with Crippen molar-refractivity contribution in [1.29, 1.82) is 0 Å². The Bertz CT molecular complexity index is 887. The fourth-order valence-electron chi connectivity index (χ4n) is 2.49. The average molecular weight is 370 g/mol. The molecule has 26 heavy (non-hydrogen) atoms. The molecule has 0 spiro atoms. The Hall–Kier alpha value is -2.86. The lowest BCUT2D eigenvalue weighted by molar-refractivity contribution is 0.414. The maximum Gasteiger partial charge on any atom is 0.249 e. The molecule has 7 heteroatoms. The molecule has 0 aliphatic heterocycles. The topological polar surface area (TPSA) is 72.0 Å². The van der Waals surface area contributed by atoms with E-state index in [0.29, 0.717) is 16.8 Å². The zero-order valence-electron chi connectivity index (χ0n) is 14.7. The molecule has 0 bridgehead atoms. The van der Waals surface area contributed by atoms with E-state index in [4.69, 9.17) is 16.3 Å². The van der Waals surface area contributed by atoms with Crippen molar-refractivity contribution >= 4 is 29.1 Å². The smallest absolute Gasteiger partial charge is 0.249 e. The molecule has 0 aliphatic rings. The lowest BCUT2D eigenvalue weighted by atomic mass is 10.1. The van der Waals surface area contributed by atoms with Crippen LogP contribution in [0.4, 0.5) is 17.5 Å². The molecular formula is C19H20ClN5O. The number of anilines is 3. The molecule has 0 radical (unpaired) electrons. The predicted octanol–water partition coefficient (Wildman–Crippen LogP) is 4.24. The molecule has 1 aromatic heterocycles. The van der Waals surface area contributed by atoms with E-state index in [-0.39, 0.29) is 0 Å². The minimum absolute atomic E-state index is 0.432. The maximum absolute atomic E-state index is 5.98. The molecule has 2 N–H and O–H groups in total. The van der Waals surface area contributed by atoms with Gasteiger partial charge < -0.3 is 15.4 Å². The van der Waals surface area contributed by atoms with Crippen molar-refractivity contribution in [3.05, 3.63) is 64.8 Å². The monoisotopic (exact) mass is 369 g/mol. The van der Waals surface area contributed by atoms with Crippen LogP contribution in [0, 0.1) is 6.92 Å². The fourth-order valence-corrected chi connectivity index (χ4v) is 2.72. The average Bonchev–Trinajstić information content (AvgIpc) is 2.65. The second kappa shape index (κ2) is 8.49. The molecule has 2 aromatic carbocycles. The molecule has 3 aromatic rings. The first-order chi connectivity index (χ1) is 12.6. The van der Waals surface area contributed by atoms with Crippen molar-refractivity contribution in [2.24, 2.45) is 0 Å². The number of rotatable bonds is 7. The highest BCUT2D eigenvalue weighted by atomic mass is 35.5. The van der Waals surface area contributed by atoms with E-state index in [1.807, 2.05) is 43.3 Å². The van der Waals surface area contributed by atoms with Crippen LogP contribution in [0.1, 0.15) is 11.1 Å². The second-order valence-corrected chi connectivity index (χ2v) is 6.21. The molecule has 0 fully saturated rings. The first-order valence-corrected chi connectivity index (χ1v) is 8.61. The summed E-state index contributed by atoms with van der Waals surface area (Å²) in [5, 5.41) is 15.1. The Labute approximate surface area is 157 Å². The normalized spacial score (nSPS) is 10.4. The summed E-state index contributed by atoms with van der Waals surface area (Å²) in [5.41, 5.74) is 3.09. The van der Waals surface area contributed by atoms with E-state index in [1.165, 1.54) is 5.56 Å². The summed E-state index contributed by atoms with van der Waals surface area (Å²) in [5.74, 6) is 1.95. The van der Waals surface area contributed by atoms with Crippen molar-refractivity contribution in [3.63, 3.8) is 0 Å². The van der Waals surface area contributed by atoms with Gasteiger partial charge in [-0.3, -0.25) is 0 Å². The third-order valence-corrected chi connectivity index (χ3v) is 4.08. The van der Waals surface area contributed by atoms with Gasteiger partial charge in [0.1, 0.15) is 5.75 Å². The van der Waals surface area contributed by atoms with Crippen molar-refractivity contribution in [3.8, 4) is 5.75 Å². The third-order valence-electron chi connectivity index (χ3n) is 3.85. The van der Waals surface area contributed by atoms with Gasteiger partial charge in [0, 0.05) is 17.3 Å². The summed E-state index contributed by atoms with van der Waals surface area (Å²) in [6.45, 7) is 2.70. The number of nitrogens with one attached hydrogen (secondary N) is 2. The first kappa shape index (κ1) is 17.9. The highest BCUT2D eigenvalue weighted by Gasteiger charge is 2.04. The molecule has 0 unspecified atom stereocenters. The van der Waals surface area contributed by atoms with Crippen LogP contribution >= 0.6 is 11.6 Å². The zero-order chi connectivity index (χ0) is 18.4. The predicted molar refractivity (Wildman–Crippen MR) is 104 cm³/mol. The van der Waals surface area contributed by atoms with Crippen LogP contribution in [0.3, 0.4) is 0 Å². The van der Waals surface area contributed by atoms with Gasteiger partial charge in [0.15, 0.2) is 5.82 Å². The number of aromatic nitrogens is 3. The van der Waals surface area contributed by atoms with Gasteiger partial charge in [-0.2, -0.15) is 10.1 Å². The minimum Gasteiger partial charge on any atom is -0.497 e. The van der Waals surface area contributed by atoms with E-state index >= 15 is 0 Å². The van der Waals surface area contributed by atoms with Crippen molar-refractivity contribution in [2.75, 3.05) is 24.3 Å². The largest absolute Gasteiger partial charge is 0.497 e. The first-order valence-electron chi connectivity index (χ1n) is 8.24. The molecular weight excluding hydrogens is 350 g/mol. The van der Waals surface area contributed by atoms with E-state index < -0.39 is 0 Å². The number of aryl methyl sites for hydroxylation is 1. The van der Waals surface area contributed by atoms with E-state index in [0.717, 1.165) is 30.0 Å². The third kappa shape index (κ3) is 4.83. The van der Waals surface area contributed by atoms with Crippen molar-refractivity contribution in [2.45, 2.75) is 13.3 Å². The Kier molecular flexibility index (Phi) is 5.86. The highest BCUT2D eigenvalue weighted by molar-refractivity contribution is 6.30. The van der Waals surface area contributed by atoms with E-state index in [9.17, 15) is 0 Å². The molecule has 3 rings (SSSR count). The van der Waals surface area contributed by atoms with Gasteiger partial charge in [-0.05, 0) is 54.8 Å². The number of ether oxygens (including phenoxy) is 1. The van der Waals surface area contributed by atoms with Gasteiger partial charge in [0.05, 0.1) is 13.3 Å². The van der Waals surface area contributed by atoms with Crippen LogP contribution in [-0.2, 0) is 6.42 Å². The Morgan fingerprint density at radius 1 is 1.15 bits per heavy atom. The quantitative estimate of drug-likeness (QED) is 0.649. The molecule has 0 aliphatic carbocycles. The maximum atomic E-state index is 5.98. The van der Waals surface area contributed by atoms with Gasteiger partial charge in [-0.15, -0.1) is 5.10 Å². The summed E-state index contributed by atoms with van der Waals surface area (Å²) < 4.78 is 5.24. The Morgan fingerprint density at radius 3 is 2.85 bits per heavy atom. The van der Waals surface area contributed by atoms with Gasteiger partial charge in [-0.25, -0.2) is 0 Å². The van der Waals surface area contributed by atoms with Crippen molar-refractivity contribution in [1.82, 2.24) is 15.2 Å². The molecule has 134 valence electrons. The Morgan fingerprint density at radius 2 is 2.04 bits per heavy atom. The lowest BCUT2D eigenvalue weighted by Gasteiger charge is -2.10. The van der Waals surface area contributed by atoms with Crippen LogP contribution in [0.25, 0.3) is 0 Å². The lowest BCUT2D eigenvalue weighted by Crippen LogP contribution is -2.09. The van der Waals surface area contributed by atoms with E-state index in [1.54, 1.807) is 13.3 Å². The SMILES string of the molecule is COc1cccc(CCNc2cnnc(Nc3ccc(Cl)cc3C)n2)c1. The van der Waals surface area contributed by atoms with Gasteiger partial charge >= 0.3 is 0 Å². The number of halogens is 1. The van der Waals surface area contributed by atoms with E-state index in [2.05, 4.69) is 31.9 Å². The Balaban J connectivity index is 1.60. The molecule has 0 saturated heterocycles. The number of nitrogens with zero attached hydrogens (tertiary/aromatic N) is 3. The number of hydrogen-bond donors (Lipinski definition) is 2. The second-order valence-electron chi connectivity index (χ2n) is 5.78. The van der Waals surface area contributed by atoms with Crippen LogP contribution < -0.4 is 15.4 Å². The summed E-state index contributed by atoms with van der Waals surface area (Å²) in [6.07, 6.45) is 2.45. The molecule has 1 heterocycles. The van der Waals surface area contributed by atoms with Crippen LogP contribution in [0.15, 0.2) is 48.7 Å². The standard InChI is InChI=1S/C19H20ClN5O/c1-13-10-15(20)6-7-17(13)23-19-24-18(12-22-25-19)21-9-8-14-4-3-5-16(11-14)26-2/h3-7,10-12H,8-9H2,1-2H3,(H2,21,23,24,25). The fraction of sp³-hybridized carbons (Fsp3) is 0.211. The van der Waals surface area contributed by atoms with Gasteiger partial charge in [0.2, 0.25) is 5.95 Å². The number of methoxy groups -OCH3 is 1. The highest BCUT2D eigenvalue weighted by Crippen LogP contribution is 2.22. The van der Waals surface area contributed by atoms with Gasteiger partial charge in [0.25, 0.3) is 0 Å². The summed E-state index contributed by atoms with van der Waals surface area (Å²) in [7, 11) is 1.67. The summed E-state index contributed by atoms with van der Waals surface area (Å²) in [4.78, 5) is 4.44. The molecule has 0 amide bonds. The minimum atomic E-state index is 0.432. The van der Waals surface area contributed by atoms with Crippen LogP contribution in [0.2, 0.25) is 5.02 Å². The molecule has 0 atom stereocenters. The molecule has 0 saturated carbocycles. The number of benzene rings is 2. The van der Waals surface area contributed by atoms with Crippen LogP contribution in [-0.4, -0.2) is 28.8 Å². The zero-order valence-corrected chi connectivity index (χ0v) is 15.4. The summed E-state index contributed by atoms with van der Waals surface area (Å²) >= 11 is 5.98. The van der Waals surface area contributed by atoms with Crippen LogP contribution in [0.5, 0.6) is 5.75 Å². The number of hydrogen-bond acceptors (Lipinski definition) is 6. The van der Waals surface area contributed by atoms with Gasteiger partial charge in [-0.1, -0.05) is 23.7 Å². The summed E-state index contributed by atoms with van der Waals surface area (Å²) in [6, 6.07) is 13.6.